The number of primary amides is 1. The van der Waals surface area contributed by atoms with Gasteiger partial charge in [-0.1, -0.05) is 6.07 Å². The van der Waals surface area contributed by atoms with Gasteiger partial charge in [-0.25, -0.2) is 4.98 Å². The van der Waals surface area contributed by atoms with Crippen molar-refractivity contribution in [2.24, 2.45) is 5.73 Å². The second-order valence-corrected chi connectivity index (χ2v) is 4.16. The molecule has 0 aliphatic carbocycles. The third kappa shape index (κ3) is 1.83. The molecule has 0 saturated carbocycles. The average Bonchev–Trinajstić information content (AvgIpc) is 2.79. The Labute approximate surface area is 108 Å². The van der Waals surface area contributed by atoms with Gasteiger partial charge in [-0.2, -0.15) is 5.10 Å². The molecule has 0 unspecified atom stereocenters. The highest BCUT2D eigenvalue weighted by Crippen LogP contribution is 2.22. The van der Waals surface area contributed by atoms with E-state index in [9.17, 15) is 4.79 Å². The molecule has 0 aromatic carbocycles. The maximum atomic E-state index is 11.5. The fourth-order valence-corrected chi connectivity index (χ4v) is 1.94. The number of aromatic nitrogens is 4. The molecule has 2 N–H and O–H groups in total. The van der Waals surface area contributed by atoms with Crippen LogP contribution >= 0.6 is 0 Å². The zero-order valence-electron chi connectivity index (χ0n) is 10.2. The first-order valence-corrected chi connectivity index (χ1v) is 5.74. The van der Waals surface area contributed by atoms with E-state index in [0.717, 1.165) is 5.69 Å². The van der Waals surface area contributed by atoms with Crippen molar-refractivity contribution < 1.29 is 4.79 Å². The number of pyridine rings is 1. The molecule has 0 fully saturated rings. The van der Waals surface area contributed by atoms with Crippen LogP contribution in [0.25, 0.3) is 17.0 Å². The minimum Gasteiger partial charge on any atom is -0.364 e. The number of hydrogen-bond acceptors (Lipinski definition) is 4. The summed E-state index contributed by atoms with van der Waals surface area (Å²) in [4.78, 5) is 15.8. The van der Waals surface area contributed by atoms with E-state index in [1.807, 2.05) is 31.3 Å². The van der Waals surface area contributed by atoms with E-state index in [4.69, 9.17) is 5.73 Å². The highest BCUT2D eigenvalue weighted by Gasteiger charge is 2.19. The number of nitrogens with zero attached hydrogens (tertiary/aromatic N) is 4. The summed E-state index contributed by atoms with van der Waals surface area (Å²) in [6, 6.07) is 9.13. The van der Waals surface area contributed by atoms with Crippen LogP contribution in [0.5, 0.6) is 0 Å². The van der Waals surface area contributed by atoms with Crippen LogP contribution in [0.3, 0.4) is 0 Å². The summed E-state index contributed by atoms with van der Waals surface area (Å²) in [5.74, 6) is -0.582. The SMILES string of the molecule is Cc1ccc(-c2c(C(N)=O)nc3ccccn23)nn1. The van der Waals surface area contributed by atoms with Crippen molar-refractivity contribution in [3.8, 4) is 11.4 Å². The first kappa shape index (κ1) is 11.3. The van der Waals surface area contributed by atoms with E-state index in [1.165, 1.54) is 0 Å². The Kier molecular flexibility index (Phi) is 2.49. The second kappa shape index (κ2) is 4.16. The van der Waals surface area contributed by atoms with Crippen LogP contribution in [0.4, 0.5) is 0 Å². The number of carbonyl (C=O) groups excluding carboxylic acids is 1. The van der Waals surface area contributed by atoms with Crippen molar-refractivity contribution in [3.63, 3.8) is 0 Å². The molecule has 0 bridgehead atoms. The summed E-state index contributed by atoms with van der Waals surface area (Å²) in [7, 11) is 0. The van der Waals surface area contributed by atoms with Crippen molar-refractivity contribution in [1.82, 2.24) is 19.6 Å². The van der Waals surface area contributed by atoms with E-state index in [1.54, 1.807) is 16.5 Å². The normalized spacial score (nSPS) is 10.8. The Hall–Kier alpha value is -2.76. The standard InChI is InChI=1S/C13H11N5O/c1-8-5-6-9(17-16-8)12-11(13(14)19)15-10-4-2-3-7-18(10)12/h2-7H,1H3,(H2,14,19). The molecular weight excluding hydrogens is 242 g/mol. The molecule has 0 atom stereocenters. The largest absolute Gasteiger partial charge is 0.364 e. The maximum Gasteiger partial charge on any atom is 0.269 e. The van der Waals surface area contributed by atoms with Gasteiger partial charge in [0, 0.05) is 6.20 Å². The number of carbonyl (C=O) groups is 1. The maximum absolute atomic E-state index is 11.5. The average molecular weight is 253 g/mol. The predicted octanol–water partition coefficient (Wildman–Crippen LogP) is 1.20. The molecule has 0 aliphatic rings. The topological polar surface area (TPSA) is 86.2 Å². The van der Waals surface area contributed by atoms with Gasteiger partial charge in [0.05, 0.1) is 5.69 Å². The van der Waals surface area contributed by atoms with Gasteiger partial charge >= 0.3 is 0 Å². The Bertz CT molecular complexity index is 760. The third-order valence-corrected chi connectivity index (χ3v) is 2.80. The monoisotopic (exact) mass is 253 g/mol. The van der Waals surface area contributed by atoms with Crippen molar-refractivity contribution in [1.29, 1.82) is 0 Å². The van der Waals surface area contributed by atoms with Gasteiger partial charge in [-0.05, 0) is 31.2 Å². The highest BCUT2D eigenvalue weighted by atomic mass is 16.1. The summed E-state index contributed by atoms with van der Waals surface area (Å²) < 4.78 is 1.78. The van der Waals surface area contributed by atoms with Crippen molar-refractivity contribution in [3.05, 3.63) is 47.9 Å². The third-order valence-electron chi connectivity index (χ3n) is 2.80. The molecule has 94 valence electrons. The van der Waals surface area contributed by atoms with Crippen LogP contribution in [0.1, 0.15) is 16.2 Å². The molecule has 6 nitrogen and oxygen atoms in total. The van der Waals surface area contributed by atoms with Crippen molar-refractivity contribution >= 4 is 11.6 Å². The minimum absolute atomic E-state index is 0.198. The summed E-state index contributed by atoms with van der Waals surface area (Å²) in [5.41, 5.74) is 8.17. The lowest BCUT2D eigenvalue weighted by Gasteiger charge is -2.02. The van der Waals surface area contributed by atoms with Crippen LogP contribution in [0, 0.1) is 6.92 Å². The molecule has 0 spiro atoms. The second-order valence-electron chi connectivity index (χ2n) is 4.16. The fraction of sp³-hybridized carbons (Fsp3) is 0.0769. The Morgan fingerprint density at radius 1 is 1.21 bits per heavy atom. The van der Waals surface area contributed by atoms with Crippen LogP contribution in [0.15, 0.2) is 36.5 Å². The Morgan fingerprint density at radius 3 is 2.74 bits per heavy atom. The quantitative estimate of drug-likeness (QED) is 0.743. The van der Waals surface area contributed by atoms with Gasteiger partial charge in [0.1, 0.15) is 17.0 Å². The molecule has 3 rings (SSSR count). The van der Waals surface area contributed by atoms with E-state index < -0.39 is 5.91 Å². The first-order valence-electron chi connectivity index (χ1n) is 5.74. The molecule has 3 aromatic rings. The molecule has 1 amide bonds. The molecule has 3 aromatic heterocycles. The summed E-state index contributed by atoms with van der Waals surface area (Å²) in [6.07, 6.45) is 1.81. The predicted molar refractivity (Wildman–Crippen MR) is 69.5 cm³/mol. The molecule has 19 heavy (non-hydrogen) atoms. The number of imidazole rings is 1. The van der Waals surface area contributed by atoms with E-state index in [0.29, 0.717) is 17.0 Å². The van der Waals surface area contributed by atoms with E-state index in [-0.39, 0.29) is 5.69 Å². The molecule has 6 heteroatoms. The van der Waals surface area contributed by atoms with Crippen molar-refractivity contribution in [2.75, 3.05) is 0 Å². The lowest BCUT2D eigenvalue weighted by Crippen LogP contribution is -2.13. The van der Waals surface area contributed by atoms with Gasteiger partial charge in [0.2, 0.25) is 0 Å². The van der Waals surface area contributed by atoms with E-state index in [2.05, 4.69) is 15.2 Å². The van der Waals surface area contributed by atoms with Gasteiger partial charge in [-0.3, -0.25) is 9.20 Å². The van der Waals surface area contributed by atoms with Crippen molar-refractivity contribution in [2.45, 2.75) is 6.92 Å². The van der Waals surface area contributed by atoms with Gasteiger partial charge < -0.3 is 5.73 Å². The van der Waals surface area contributed by atoms with Crippen LogP contribution in [-0.2, 0) is 0 Å². The molecular formula is C13H11N5O. The number of fused-ring (bicyclic) bond motifs is 1. The van der Waals surface area contributed by atoms with Crippen LogP contribution in [0.2, 0.25) is 0 Å². The van der Waals surface area contributed by atoms with Gasteiger partial charge in [0.25, 0.3) is 5.91 Å². The lowest BCUT2D eigenvalue weighted by atomic mass is 10.2. The molecule has 0 radical (unpaired) electrons. The zero-order chi connectivity index (χ0) is 13.4. The molecule has 0 aliphatic heterocycles. The smallest absolute Gasteiger partial charge is 0.269 e. The number of hydrogen-bond donors (Lipinski definition) is 1. The molecule has 3 heterocycles. The van der Waals surface area contributed by atoms with Crippen LogP contribution < -0.4 is 5.73 Å². The number of amides is 1. The summed E-state index contributed by atoms with van der Waals surface area (Å²) >= 11 is 0. The number of rotatable bonds is 2. The number of nitrogens with two attached hydrogens (primary N) is 1. The van der Waals surface area contributed by atoms with Crippen LogP contribution in [-0.4, -0.2) is 25.5 Å². The zero-order valence-corrected chi connectivity index (χ0v) is 10.2. The Morgan fingerprint density at radius 2 is 2.05 bits per heavy atom. The lowest BCUT2D eigenvalue weighted by molar-refractivity contribution is 0.0997. The Balaban J connectivity index is 2.34. The molecule has 0 saturated heterocycles. The highest BCUT2D eigenvalue weighted by molar-refractivity contribution is 5.97. The van der Waals surface area contributed by atoms with E-state index >= 15 is 0 Å². The first-order chi connectivity index (χ1) is 9.16. The minimum atomic E-state index is -0.582. The fourth-order valence-electron chi connectivity index (χ4n) is 1.94. The summed E-state index contributed by atoms with van der Waals surface area (Å²) in [6.45, 7) is 1.85. The summed E-state index contributed by atoms with van der Waals surface area (Å²) in [5, 5.41) is 8.09. The van der Waals surface area contributed by atoms with Gasteiger partial charge in [-0.15, -0.1) is 5.10 Å². The number of aryl methyl sites for hydroxylation is 1. The van der Waals surface area contributed by atoms with Gasteiger partial charge in [0.15, 0.2) is 5.69 Å².